The Balaban J connectivity index is 2.05. The van der Waals surface area contributed by atoms with E-state index in [9.17, 15) is 8.42 Å². The third-order valence-corrected chi connectivity index (χ3v) is 5.66. The fourth-order valence-corrected chi connectivity index (χ4v) is 4.03. The minimum absolute atomic E-state index is 0.0718. The van der Waals surface area contributed by atoms with Crippen LogP contribution in [0.1, 0.15) is 39.2 Å². The number of aryl methyl sites for hydroxylation is 1. The molecule has 0 bridgehead atoms. The fourth-order valence-electron chi connectivity index (χ4n) is 2.55. The number of rotatable bonds is 3. The summed E-state index contributed by atoms with van der Waals surface area (Å²) in [6, 6.07) is 7.03. The molecule has 2 atom stereocenters. The van der Waals surface area contributed by atoms with Crippen molar-refractivity contribution in [2.24, 2.45) is 5.41 Å². The van der Waals surface area contributed by atoms with Crippen molar-refractivity contribution in [2.75, 3.05) is 5.75 Å². The predicted octanol–water partition coefficient (Wildman–Crippen LogP) is 3.36. The Labute approximate surface area is 122 Å². The van der Waals surface area contributed by atoms with Crippen molar-refractivity contribution in [1.29, 1.82) is 0 Å². The predicted molar refractivity (Wildman–Crippen MR) is 80.6 cm³/mol. The van der Waals surface area contributed by atoms with Gasteiger partial charge in [-0.3, -0.25) is 0 Å². The molecule has 1 aliphatic heterocycles. The molecule has 1 fully saturated rings. The zero-order valence-electron chi connectivity index (χ0n) is 12.7. The highest BCUT2D eigenvalue weighted by molar-refractivity contribution is 7.91. The lowest BCUT2D eigenvalue weighted by molar-refractivity contribution is -0.00689. The minimum atomic E-state index is -3.25. The van der Waals surface area contributed by atoms with E-state index in [2.05, 4.69) is 20.8 Å². The molecular weight excluding hydrogens is 272 g/mol. The molecule has 0 saturated carbocycles. The van der Waals surface area contributed by atoms with Crippen LogP contribution >= 0.6 is 0 Å². The first kappa shape index (κ1) is 15.5. The van der Waals surface area contributed by atoms with Gasteiger partial charge in [-0.1, -0.05) is 38.5 Å². The van der Waals surface area contributed by atoms with Crippen molar-refractivity contribution in [3.05, 3.63) is 29.8 Å². The van der Waals surface area contributed by atoms with Crippen molar-refractivity contribution in [3.8, 4) is 0 Å². The van der Waals surface area contributed by atoms with Crippen LogP contribution in [0, 0.1) is 12.3 Å². The van der Waals surface area contributed by atoms with E-state index in [0.717, 1.165) is 18.4 Å². The van der Waals surface area contributed by atoms with Crippen LogP contribution in [0.4, 0.5) is 0 Å². The summed E-state index contributed by atoms with van der Waals surface area (Å²) < 4.78 is 30.7. The summed E-state index contributed by atoms with van der Waals surface area (Å²) in [5.41, 5.74) is 1.14. The first-order valence-electron chi connectivity index (χ1n) is 7.13. The van der Waals surface area contributed by atoms with Crippen molar-refractivity contribution in [2.45, 2.75) is 57.6 Å². The topological polar surface area (TPSA) is 43.4 Å². The Hall–Kier alpha value is -0.870. The molecule has 0 amide bonds. The molecule has 1 aromatic carbocycles. The molecule has 0 radical (unpaired) electrons. The van der Waals surface area contributed by atoms with Crippen molar-refractivity contribution >= 4 is 9.84 Å². The van der Waals surface area contributed by atoms with E-state index in [1.54, 1.807) is 12.1 Å². The quantitative estimate of drug-likeness (QED) is 0.859. The smallest absolute Gasteiger partial charge is 0.180 e. The fraction of sp³-hybridized carbons (Fsp3) is 0.625. The Bertz CT molecular complexity index is 552. The van der Waals surface area contributed by atoms with Gasteiger partial charge in [0.2, 0.25) is 0 Å². The molecule has 0 aliphatic carbocycles. The Morgan fingerprint density at radius 1 is 1.15 bits per heavy atom. The molecule has 1 saturated heterocycles. The van der Waals surface area contributed by atoms with Gasteiger partial charge in [0.25, 0.3) is 0 Å². The van der Waals surface area contributed by atoms with Crippen LogP contribution in [-0.2, 0) is 14.6 Å². The number of benzene rings is 1. The third-order valence-electron chi connectivity index (χ3n) is 3.86. The van der Waals surface area contributed by atoms with Gasteiger partial charge in [0.1, 0.15) is 0 Å². The number of sulfone groups is 1. The van der Waals surface area contributed by atoms with E-state index < -0.39 is 9.84 Å². The van der Waals surface area contributed by atoms with E-state index >= 15 is 0 Å². The van der Waals surface area contributed by atoms with Crippen LogP contribution in [0.15, 0.2) is 29.2 Å². The maximum atomic E-state index is 12.4. The van der Waals surface area contributed by atoms with Gasteiger partial charge in [-0.2, -0.15) is 0 Å². The lowest BCUT2D eigenvalue weighted by atomic mass is 9.87. The van der Waals surface area contributed by atoms with E-state index in [0.29, 0.717) is 4.90 Å². The second-order valence-electron chi connectivity index (χ2n) is 6.78. The molecule has 0 spiro atoms. The van der Waals surface area contributed by atoms with Gasteiger partial charge in [0.15, 0.2) is 9.84 Å². The SMILES string of the molecule is Cc1ccc(S(=O)(=O)CC2CCC(C(C)(C)C)O2)cc1. The average Bonchev–Trinajstić information content (AvgIpc) is 2.77. The van der Waals surface area contributed by atoms with Crippen LogP contribution in [0.2, 0.25) is 0 Å². The number of hydrogen-bond donors (Lipinski definition) is 0. The van der Waals surface area contributed by atoms with Crippen molar-refractivity contribution in [3.63, 3.8) is 0 Å². The average molecular weight is 296 g/mol. The first-order chi connectivity index (χ1) is 9.18. The molecule has 0 aromatic heterocycles. The summed E-state index contributed by atoms with van der Waals surface area (Å²) in [6.07, 6.45) is 1.75. The Morgan fingerprint density at radius 2 is 1.75 bits per heavy atom. The van der Waals surface area contributed by atoms with Crippen LogP contribution in [0.3, 0.4) is 0 Å². The molecule has 20 heavy (non-hydrogen) atoms. The summed E-state index contributed by atoms with van der Waals surface area (Å²) in [7, 11) is -3.25. The molecule has 0 N–H and O–H groups in total. The lowest BCUT2D eigenvalue weighted by Gasteiger charge is -2.26. The van der Waals surface area contributed by atoms with E-state index in [1.165, 1.54) is 0 Å². The van der Waals surface area contributed by atoms with Gasteiger partial charge in [-0.25, -0.2) is 8.42 Å². The molecular formula is C16H24O3S. The van der Waals surface area contributed by atoms with Gasteiger partial charge < -0.3 is 4.74 Å². The largest absolute Gasteiger partial charge is 0.373 e. The highest BCUT2D eigenvalue weighted by Gasteiger charge is 2.36. The van der Waals surface area contributed by atoms with Gasteiger partial charge in [0, 0.05) is 0 Å². The van der Waals surface area contributed by atoms with E-state index in [4.69, 9.17) is 4.74 Å². The second-order valence-corrected chi connectivity index (χ2v) is 8.82. The molecule has 1 aliphatic rings. The normalized spacial score (nSPS) is 24.0. The van der Waals surface area contributed by atoms with Gasteiger partial charge in [-0.15, -0.1) is 0 Å². The molecule has 1 heterocycles. The second kappa shape index (κ2) is 5.49. The summed E-state index contributed by atoms with van der Waals surface area (Å²) >= 11 is 0. The number of hydrogen-bond acceptors (Lipinski definition) is 3. The zero-order valence-corrected chi connectivity index (χ0v) is 13.5. The standard InChI is InChI=1S/C16H24O3S/c1-12-5-8-14(9-6-12)20(17,18)11-13-7-10-15(19-13)16(2,3)4/h5-6,8-9,13,15H,7,10-11H2,1-4H3. The van der Waals surface area contributed by atoms with Gasteiger partial charge >= 0.3 is 0 Å². The van der Waals surface area contributed by atoms with Crippen LogP contribution in [0.25, 0.3) is 0 Å². The summed E-state index contributed by atoms with van der Waals surface area (Å²) in [6.45, 7) is 8.35. The van der Waals surface area contributed by atoms with Gasteiger partial charge in [-0.05, 0) is 37.3 Å². The van der Waals surface area contributed by atoms with Crippen LogP contribution < -0.4 is 0 Å². The third kappa shape index (κ3) is 3.61. The minimum Gasteiger partial charge on any atom is -0.373 e. The highest BCUT2D eigenvalue weighted by Crippen LogP contribution is 2.34. The Morgan fingerprint density at radius 3 is 2.25 bits per heavy atom. The highest BCUT2D eigenvalue weighted by atomic mass is 32.2. The molecule has 3 nitrogen and oxygen atoms in total. The Kier molecular flexibility index (Phi) is 4.26. The van der Waals surface area contributed by atoms with Gasteiger partial charge in [0.05, 0.1) is 22.9 Å². The molecule has 2 unspecified atom stereocenters. The maximum absolute atomic E-state index is 12.4. The first-order valence-corrected chi connectivity index (χ1v) is 8.78. The molecule has 1 aromatic rings. The zero-order chi connectivity index (χ0) is 15.0. The molecule has 2 rings (SSSR count). The van der Waals surface area contributed by atoms with Crippen molar-refractivity contribution < 1.29 is 13.2 Å². The summed E-state index contributed by atoms with van der Waals surface area (Å²) in [5, 5.41) is 0. The summed E-state index contributed by atoms with van der Waals surface area (Å²) in [4.78, 5) is 0.394. The number of ether oxygens (including phenoxy) is 1. The molecule has 4 heteroatoms. The monoisotopic (exact) mass is 296 g/mol. The van der Waals surface area contributed by atoms with Crippen LogP contribution in [-0.4, -0.2) is 26.4 Å². The molecule has 112 valence electrons. The summed E-state index contributed by atoms with van der Waals surface area (Å²) in [5.74, 6) is 0.0860. The lowest BCUT2D eigenvalue weighted by Crippen LogP contribution is -2.28. The van der Waals surface area contributed by atoms with E-state index in [-0.39, 0.29) is 23.4 Å². The maximum Gasteiger partial charge on any atom is 0.180 e. The van der Waals surface area contributed by atoms with E-state index in [1.807, 2.05) is 19.1 Å². The van der Waals surface area contributed by atoms with Crippen molar-refractivity contribution in [1.82, 2.24) is 0 Å². The van der Waals surface area contributed by atoms with Crippen LogP contribution in [0.5, 0.6) is 0 Å².